The lowest BCUT2D eigenvalue weighted by Crippen LogP contribution is -2.34. The number of hydrogen-bond acceptors (Lipinski definition) is 1. The molecule has 0 fully saturated rings. The second-order valence-corrected chi connectivity index (χ2v) is 6.53. The monoisotopic (exact) mass is 345 g/mol. The van der Waals surface area contributed by atoms with E-state index >= 15 is 0 Å². The van der Waals surface area contributed by atoms with E-state index in [4.69, 9.17) is 0 Å². The lowest BCUT2D eigenvalue weighted by atomic mass is 9.96. The molecule has 112 valence electrons. The Kier molecular flexibility index (Phi) is 6.47. The molecule has 2 aromatic rings. The zero-order chi connectivity index (χ0) is 15.1. The first-order valence-electron chi connectivity index (χ1n) is 7.71. The van der Waals surface area contributed by atoms with Crippen molar-refractivity contribution in [3.63, 3.8) is 0 Å². The van der Waals surface area contributed by atoms with E-state index < -0.39 is 0 Å². The minimum atomic E-state index is 0.486. The molecule has 0 radical (unpaired) electrons. The Morgan fingerprint density at radius 3 is 2.57 bits per heavy atom. The molecule has 0 aliphatic carbocycles. The Bertz CT molecular complexity index is 565. The average Bonchev–Trinajstić information content (AvgIpc) is 2.47. The second-order valence-electron chi connectivity index (χ2n) is 5.62. The van der Waals surface area contributed by atoms with Gasteiger partial charge in [0.1, 0.15) is 0 Å². The fraction of sp³-hybridized carbons (Fsp3) is 0.368. The summed E-state index contributed by atoms with van der Waals surface area (Å²) in [4.78, 5) is 0. The predicted octanol–water partition coefficient (Wildman–Crippen LogP) is 4.91. The molecule has 0 saturated heterocycles. The van der Waals surface area contributed by atoms with Crippen LogP contribution in [-0.4, -0.2) is 12.6 Å². The van der Waals surface area contributed by atoms with Crippen molar-refractivity contribution in [2.45, 2.75) is 39.2 Å². The molecule has 1 nitrogen and oxygen atoms in total. The molecule has 1 unspecified atom stereocenters. The predicted molar refractivity (Wildman–Crippen MR) is 94.8 cm³/mol. The number of nitrogens with one attached hydrogen (secondary N) is 1. The molecular formula is C19H24BrN. The molecule has 2 rings (SSSR count). The highest BCUT2D eigenvalue weighted by Crippen LogP contribution is 2.16. The highest BCUT2D eigenvalue weighted by atomic mass is 79.9. The van der Waals surface area contributed by atoms with Gasteiger partial charge in [-0.15, -0.1) is 0 Å². The fourth-order valence-electron chi connectivity index (χ4n) is 2.62. The average molecular weight is 346 g/mol. The molecule has 0 saturated carbocycles. The first-order chi connectivity index (χ1) is 10.2. The molecule has 0 aliphatic rings. The van der Waals surface area contributed by atoms with Crippen molar-refractivity contribution >= 4 is 15.9 Å². The Balaban J connectivity index is 2.09. The summed E-state index contributed by atoms with van der Waals surface area (Å²) in [7, 11) is 0. The highest BCUT2D eigenvalue weighted by molar-refractivity contribution is 9.10. The van der Waals surface area contributed by atoms with Crippen LogP contribution in [0.15, 0.2) is 53.0 Å². The van der Waals surface area contributed by atoms with E-state index in [1.54, 1.807) is 0 Å². The lowest BCUT2D eigenvalue weighted by Gasteiger charge is -2.20. The SMILES string of the molecule is CCCNC(Cc1cccc(Br)c1)Cc1ccccc1C. The van der Waals surface area contributed by atoms with Crippen molar-refractivity contribution in [1.82, 2.24) is 5.32 Å². The van der Waals surface area contributed by atoms with Gasteiger partial charge in [0.15, 0.2) is 0 Å². The van der Waals surface area contributed by atoms with Gasteiger partial charge in [-0.2, -0.15) is 0 Å². The van der Waals surface area contributed by atoms with Crippen LogP contribution in [0.2, 0.25) is 0 Å². The molecule has 1 N–H and O–H groups in total. The zero-order valence-corrected chi connectivity index (χ0v) is 14.5. The van der Waals surface area contributed by atoms with Gasteiger partial charge in [-0.3, -0.25) is 0 Å². The van der Waals surface area contributed by atoms with E-state index in [1.807, 2.05) is 0 Å². The molecular weight excluding hydrogens is 322 g/mol. The molecule has 0 bridgehead atoms. The van der Waals surface area contributed by atoms with Gasteiger partial charge in [-0.25, -0.2) is 0 Å². The lowest BCUT2D eigenvalue weighted by molar-refractivity contribution is 0.504. The number of halogens is 1. The quantitative estimate of drug-likeness (QED) is 0.751. The van der Waals surface area contributed by atoms with E-state index in [1.165, 1.54) is 23.1 Å². The van der Waals surface area contributed by atoms with Gasteiger partial charge in [-0.1, -0.05) is 59.3 Å². The third kappa shape index (κ3) is 5.29. The maximum atomic E-state index is 3.70. The van der Waals surface area contributed by atoms with Gasteiger partial charge in [0.05, 0.1) is 0 Å². The summed E-state index contributed by atoms with van der Waals surface area (Å²) in [6.07, 6.45) is 3.32. The first-order valence-corrected chi connectivity index (χ1v) is 8.50. The van der Waals surface area contributed by atoms with Crippen molar-refractivity contribution in [1.29, 1.82) is 0 Å². The van der Waals surface area contributed by atoms with E-state index in [0.717, 1.165) is 23.9 Å². The van der Waals surface area contributed by atoms with Gasteiger partial charge >= 0.3 is 0 Å². The number of benzene rings is 2. The topological polar surface area (TPSA) is 12.0 Å². The molecule has 0 aromatic heterocycles. The normalized spacial score (nSPS) is 12.3. The third-order valence-corrected chi connectivity index (χ3v) is 4.27. The Morgan fingerprint density at radius 1 is 1.05 bits per heavy atom. The Labute approximate surface area is 136 Å². The summed E-state index contributed by atoms with van der Waals surface area (Å²) in [5.74, 6) is 0. The Morgan fingerprint density at radius 2 is 1.86 bits per heavy atom. The van der Waals surface area contributed by atoms with Crippen LogP contribution >= 0.6 is 15.9 Å². The molecule has 21 heavy (non-hydrogen) atoms. The standard InChI is InChI=1S/C19H24BrN/c1-3-11-21-19(13-16-8-6-10-18(20)12-16)14-17-9-5-4-7-15(17)2/h4-10,12,19,21H,3,11,13-14H2,1-2H3. The van der Waals surface area contributed by atoms with Crippen molar-refractivity contribution in [3.05, 3.63) is 69.7 Å². The largest absolute Gasteiger partial charge is 0.313 e. The smallest absolute Gasteiger partial charge is 0.0178 e. The number of hydrogen-bond donors (Lipinski definition) is 1. The minimum absolute atomic E-state index is 0.486. The second kappa shape index (κ2) is 8.35. The van der Waals surface area contributed by atoms with Crippen LogP contribution in [-0.2, 0) is 12.8 Å². The van der Waals surface area contributed by atoms with E-state index in [9.17, 15) is 0 Å². The molecule has 2 heteroatoms. The van der Waals surface area contributed by atoms with E-state index in [-0.39, 0.29) is 0 Å². The van der Waals surface area contributed by atoms with Crippen molar-refractivity contribution in [2.24, 2.45) is 0 Å². The maximum absolute atomic E-state index is 3.70. The molecule has 1 atom stereocenters. The summed E-state index contributed by atoms with van der Waals surface area (Å²) >= 11 is 3.56. The van der Waals surface area contributed by atoms with Crippen molar-refractivity contribution in [3.8, 4) is 0 Å². The van der Waals surface area contributed by atoms with Gasteiger partial charge in [-0.05, 0) is 61.6 Å². The van der Waals surface area contributed by atoms with Crippen LogP contribution in [0, 0.1) is 6.92 Å². The zero-order valence-electron chi connectivity index (χ0n) is 12.9. The van der Waals surface area contributed by atoms with Gasteiger partial charge < -0.3 is 5.32 Å². The van der Waals surface area contributed by atoms with Crippen LogP contribution < -0.4 is 5.32 Å². The van der Waals surface area contributed by atoms with Crippen molar-refractivity contribution in [2.75, 3.05) is 6.54 Å². The molecule has 0 spiro atoms. The molecule has 2 aromatic carbocycles. The van der Waals surface area contributed by atoms with Gasteiger partial charge in [0.25, 0.3) is 0 Å². The van der Waals surface area contributed by atoms with Crippen LogP contribution in [0.1, 0.15) is 30.0 Å². The minimum Gasteiger partial charge on any atom is -0.313 e. The van der Waals surface area contributed by atoms with Crippen LogP contribution in [0.25, 0.3) is 0 Å². The first kappa shape index (κ1) is 16.3. The summed E-state index contributed by atoms with van der Waals surface area (Å²) < 4.78 is 1.16. The van der Waals surface area contributed by atoms with E-state index in [2.05, 4.69) is 83.6 Å². The van der Waals surface area contributed by atoms with Crippen LogP contribution in [0.5, 0.6) is 0 Å². The summed E-state index contributed by atoms with van der Waals surface area (Å²) in [6.45, 7) is 5.49. The van der Waals surface area contributed by atoms with E-state index in [0.29, 0.717) is 6.04 Å². The van der Waals surface area contributed by atoms with Gasteiger partial charge in [0, 0.05) is 10.5 Å². The molecule has 0 heterocycles. The number of aryl methyl sites for hydroxylation is 1. The highest BCUT2D eigenvalue weighted by Gasteiger charge is 2.11. The molecule has 0 aliphatic heterocycles. The Hall–Kier alpha value is -1.12. The maximum Gasteiger partial charge on any atom is 0.0178 e. The summed E-state index contributed by atoms with van der Waals surface area (Å²) in [5, 5.41) is 3.70. The fourth-order valence-corrected chi connectivity index (χ4v) is 3.06. The van der Waals surface area contributed by atoms with Gasteiger partial charge in [0.2, 0.25) is 0 Å². The third-order valence-electron chi connectivity index (χ3n) is 3.78. The van der Waals surface area contributed by atoms with Crippen LogP contribution in [0.3, 0.4) is 0 Å². The number of rotatable bonds is 7. The van der Waals surface area contributed by atoms with Crippen LogP contribution in [0.4, 0.5) is 0 Å². The molecule has 0 amide bonds. The van der Waals surface area contributed by atoms with Crippen molar-refractivity contribution < 1.29 is 0 Å². The summed E-state index contributed by atoms with van der Waals surface area (Å²) in [6, 6.07) is 17.8. The summed E-state index contributed by atoms with van der Waals surface area (Å²) in [5.41, 5.74) is 4.21.